The average molecular weight is 403 g/mol. The van der Waals surface area contributed by atoms with Gasteiger partial charge in [0.2, 0.25) is 0 Å². The molecule has 0 saturated heterocycles. The van der Waals surface area contributed by atoms with Crippen molar-refractivity contribution in [2.75, 3.05) is 24.9 Å². The molecule has 7 heteroatoms. The summed E-state index contributed by atoms with van der Waals surface area (Å²) in [4.78, 5) is 13.2. The van der Waals surface area contributed by atoms with Crippen LogP contribution in [0.1, 0.15) is 42.0 Å². The molecule has 0 fully saturated rings. The molecular weight excluding hydrogens is 376 g/mol. The molecule has 1 atom stereocenters. The van der Waals surface area contributed by atoms with Crippen molar-refractivity contribution in [1.29, 1.82) is 0 Å². The van der Waals surface area contributed by atoms with Gasteiger partial charge in [-0.1, -0.05) is 30.3 Å². The molecule has 0 bridgehead atoms. The molecule has 0 radical (unpaired) electrons. The molecule has 6 nitrogen and oxygen atoms in total. The number of benzene rings is 2. The maximum absolute atomic E-state index is 13.3. The molecule has 1 unspecified atom stereocenters. The smallest absolute Gasteiger partial charge is 0.303 e. The number of carboxylic acid groups (broad SMARTS) is 1. The number of sulfonamides is 1. The van der Waals surface area contributed by atoms with E-state index in [-0.39, 0.29) is 12.5 Å². The number of aliphatic carboxylic acids is 1. The summed E-state index contributed by atoms with van der Waals surface area (Å²) >= 11 is 0. The molecular formula is C21H26N2O4S. The molecule has 1 heterocycles. The number of para-hydroxylation sites is 1. The van der Waals surface area contributed by atoms with Gasteiger partial charge in [-0.2, -0.15) is 0 Å². The second-order valence-electron chi connectivity index (χ2n) is 7.31. The van der Waals surface area contributed by atoms with Gasteiger partial charge in [-0.15, -0.1) is 0 Å². The van der Waals surface area contributed by atoms with E-state index in [0.717, 1.165) is 23.1 Å². The third-order valence-electron chi connectivity index (χ3n) is 5.26. The lowest BCUT2D eigenvalue weighted by molar-refractivity contribution is -0.137. The molecule has 0 spiro atoms. The van der Waals surface area contributed by atoms with Crippen molar-refractivity contribution in [3.05, 3.63) is 59.2 Å². The van der Waals surface area contributed by atoms with E-state index in [1.165, 1.54) is 4.31 Å². The van der Waals surface area contributed by atoms with Gasteiger partial charge in [-0.3, -0.25) is 14.0 Å². The Morgan fingerprint density at radius 1 is 1.14 bits per heavy atom. The minimum absolute atomic E-state index is 0.141. The summed E-state index contributed by atoms with van der Waals surface area (Å²) in [5.41, 5.74) is 3.24. The average Bonchev–Trinajstić information content (AvgIpc) is 2.72. The molecule has 0 aliphatic carbocycles. The Bertz CT molecular complexity index is 988. The van der Waals surface area contributed by atoms with E-state index in [4.69, 9.17) is 5.11 Å². The van der Waals surface area contributed by atoms with Gasteiger partial charge < -0.3 is 5.11 Å². The maximum Gasteiger partial charge on any atom is 0.303 e. The lowest BCUT2D eigenvalue weighted by Crippen LogP contribution is -2.27. The lowest BCUT2D eigenvalue weighted by atomic mass is 9.94. The first-order valence-corrected chi connectivity index (χ1v) is 10.8. The van der Waals surface area contributed by atoms with E-state index in [1.807, 2.05) is 50.4 Å². The number of hydrogen-bond donors (Lipinski definition) is 1. The molecule has 150 valence electrons. The van der Waals surface area contributed by atoms with Gasteiger partial charge >= 0.3 is 5.97 Å². The van der Waals surface area contributed by atoms with Crippen LogP contribution in [0.3, 0.4) is 0 Å². The van der Waals surface area contributed by atoms with Gasteiger partial charge in [0.05, 0.1) is 16.6 Å². The summed E-state index contributed by atoms with van der Waals surface area (Å²) in [5.74, 6) is -0.795. The van der Waals surface area contributed by atoms with E-state index < -0.39 is 16.0 Å². The number of hydrogen-bond acceptors (Lipinski definition) is 4. The van der Waals surface area contributed by atoms with Crippen LogP contribution in [0.15, 0.2) is 47.4 Å². The monoisotopic (exact) mass is 402 g/mol. The molecule has 1 N–H and O–H groups in total. The largest absolute Gasteiger partial charge is 0.481 e. The first kappa shape index (κ1) is 20.4. The topological polar surface area (TPSA) is 77.9 Å². The van der Waals surface area contributed by atoms with Crippen molar-refractivity contribution >= 4 is 21.7 Å². The summed E-state index contributed by atoms with van der Waals surface area (Å²) in [7, 11) is -0.112. The fraction of sp³-hybridized carbons (Fsp3) is 0.381. The molecule has 1 aliphatic heterocycles. The van der Waals surface area contributed by atoms with E-state index >= 15 is 0 Å². The minimum atomic E-state index is -3.67. The predicted molar refractivity (Wildman–Crippen MR) is 109 cm³/mol. The van der Waals surface area contributed by atoms with Gasteiger partial charge in [-0.05, 0) is 62.2 Å². The Labute approximate surface area is 166 Å². The zero-order valence-electron chi connectivity index (χ0n) is 16.4. The van der Waals surface area contributed by atoms with Crippen LogP contribution in [0.2, 0.25) is 0 Å². The normalized spacial score (nSPS) is 17.7. The number of aryl methyl sites for hydroxylation is 1. The predicted octanol–water partition coefficient (Wildman–Crippen LogP) is 3.41. The number of unbranched alkanes of at least 4 members (excludes halogenated alkanes) is 1. The molecule has 0 aromatic heterocycles. The summed E-state index contributed by atoms with van der Waals surface area (Å²) in [6, 6.07) is 12.9. The van der Waals surface area contributed by atoms with Crippen LogP contribution in [0, 0.1) is 6.92 Å². The fourth-order valence-electron chi connectivity index (χ4n) is 3.78. The number of rotatable bonds is 6. The molecule has 2 aromatic rings. The second kappa shape index (κ2) is 7.93. The van der Waals surface area contributed by atoms with Crippen LogP contribution in [-0.2, 0) is 14.8 Å². The van der Waals surface area contributed by atoms with Crippen LogP contribution < -0.4 is 4.31 Å². The molecule has 1 aliphatic rings. The zero-order valence-corrected chi connectivity index (χ0v) is 17.2. The van der Waals surface area contributed by atoms with Crippen LogP contribution in [0.4, 0.5) is 5.69 Å². The third kappa shape index (κ3) is 3.77. The Morgan fingerprint density at radius 3 is 2.57 bits per heavy atom. The van der Waals surface area contributed by atoms with Crippen molar-refractivity contribution in [2.45, 2.75) is 37.1 Å². The number of fused-ring (bicyclic) bond motifs is 2. The number of carboxylic acids is 1. The van der Waals surface area contributed by atoms with Crippen molar-refractivity contribution < 1.29 is 18.3 Å². The zero-order chi connectivity index (χ0) is 20.5. The summed E-state index contributed by atoms with van der Waals surface area (Å²) in [6.45, 7) is 2.56. The van der Waals surface area contributed by atoms with E-state index in [9.17, 15) is 13.2 Å². The maximum atomic E-state index is 13.3. The number of carbonyl (C=O) groups is 1. The SMILES string of the molecule is Cc1ccc2c(c1)S(=O)(=O)N(C)c1ccccc1C2N(C)CCCCC(=O)O. The van der Waals surface area contributed by atoms with Crippen molar-refractivity contribution in [2.24, 2.45) is 0 Å². The third-order valence-corrected chi connectivity index (χ3v) is 7.09. The molecule has 0 amide bonds. The highest BCUT2D eigenvalue weighted by molar-refractivity contribution is 7.92. The van der Waals surface area contributed by atoms with Gasteiger partial charge in [0.25, 0.3) is 10.0 Å². The highest BCUT2D eigenvalue weighted by Crippen LogP contribution is 2.42. The van der Waals surface area contributed by atoms with Crippen LogP contribution >= 0.6 is 0 Å². The van der Waals surface area contributed by atoms with Gasteiger partial charge in [0.1, 0.15) is 0 Å². The lowest BCUT2D eigenvalue weighted by Gasteiger charge is -2.30. The molecule has 0 saturated carbocycles. The first-order chi connectivity index (χ1) is 13.2. The van der Waals surface area contributed by atoms with E-state index in [2.05, 4.69) is 4.90 Å². The summed E-state index contributed by atoms with van der Waals surface area (Å²) in [5, 5.41) is 8.85. The van der Waals surface area contributed by atoms with Crippen LogP contribution in [-0.4, -0.2) is 45.0 Å². The number of anilines is 1. The molecule has 2 aromatic carbocycles. The van der Waals surface area contributed by atoms with E-state index in [0.29, 0.717) is 23.5 Å². The Balaban J connectivity index is 2.08. The first-order valence-electron chi connectivity index (χ1n) is 9.34. The Kier molecular flexibility index (Phi) is 5.76. The van der Waals surface area contributed by atoms with Gasteiger partial charge in [0, 0.05) is 13.5 Å². The Hall–Kier alpha value is -2.38. The quantitative estimate of drug-likeness (QED) is 0.749. The van der Waals surface area contributed by atoms with Gasteiger partial charge in [0.15, 0.2) is 0 Å². The summed E-state index contributed by atoms with van der Waals surface area (Å²) < 4.78 is 27.9. The number of nitrogens with zero attached hydrogens (tertiary/aromatic N) is 2. The summed E-state index contributed by atoms with van der Waals surface area (Å²) in [6.07, 6.45) is 1.46. The Morgan fingerprint density at radius 2 is 1.86 bits per heavy atom. The van der Waals surface area contributed by atoms with E-state index in [1.54, 1.807) is 13.1 Å². The standard InChI is InChI=1S/C21H26N2O4S/c1-15-11-12-17-19(14-15)28(26,27)23(3)18-9-5-4-8-16(18)21(17)22(2)13-7-6-10-20(24)25/h4-5,8-9,11-12,14,21H,6-7,10,13H2,1-3H3,(H,24,25). The highest BCUT2D eigenvalue weighted by Gasteiger charge is 2.36. The molecule has 3 rings (SSSR count). The van der Waals surface area contributed by atoms with Crippen LogP contribution in [0.5, 0.6) is 0 Å². The minimum Gasteiger partial charge on any atom is -0.481 e. The van der Waals surface area contributed by atoms with Crippen molar-refractivity contribution in [3.63, 3.8) is 0 Å². The van der Waals surface area contributed by atoms with Gasteiger partial charge in [-0.25, -0.2) is 8.42 Å². The van der Waals surface area contributed by atoms with Crippen LogP contribution in [0.25, 0.3) is 0 Å². The fourth-order valence-corrected chi connectivity index (χ4v) is 5.31. The second-order valence-corrected chi connectivity index (χ2v) is 9.24. The molecule has 28 heavy (non-hydrogen) atoms. The van der Waals surface area contributed by atoms with Crippen molar-refractivity contribution in [3.8, 4) is 0 Å². The van der Waals surface area contributed by atoms with Crippen molar-refractivity contribution in [1.82, 2.24) is 4.90 Å². The highest BCUT2D eigenvalue weighted by atomic mass is 32.2.